The topological polar surface area (TPSA) is 133 Å². The molecule has 4 atom stereocenters. The highest BCUT2D eigenvalue weighted by molar-refractivity contribution is 6.06. The maximum absolute atomic E-state index is 12.8. The molecule has 0 bridgehead atoms. The summed E-state index contributed by atoms with van der Waals surface area (Å²) in [6, 6.07) is 8.93. The van der Waals surface area contributed by atoms with Gasteiger partial charge in [-0.05, 0) is 53.2 Å². The summed E-state index contributed by atoms with van der Waals surface area (Å²) in [5, 5.41) is 2.85. The van der Waals surface area contributed by atoms with Crippen molar-refractivity contribution in [1.29, 1.82) is 0 Å². The minimum Gasteiger partial charge on any atom is -0.444 e. The molecule has 4 fully saturated rings. The van der Waals surface area contributed by atoms with Crippen molar-refractivity contribution >= 4 is 29.0 Å². The fourth-order valence-corrected chi connectivity index (χ4v) is 6.50. The second kappa shape index (κ2) is 9.94. The SMILES string of the molecule is CC(C)(C)OC(=O)N1CC2(CCN2C[C@H]2O[C@@H](n3cnc4c(NC(=O)c5ccccc5)ncnc43)[C@@H]3OC(C)(C)O[C@@H]32)C1. The lowest BCUT2D eigenvalue weighted by molar-refractivity contribution is -0.206. The minimum atomic E-state index is -0.785. The lowest BCUT2D eigenvalue weighted by Gasteiger charge is -2.62. The Kier molecular flexibility index (Phi) is 6.51. The zero-order valence-corrected chi connectivity index (χ0v) is 25.0. The third-order valence-corrected chi connectivity index (χ3v) is 8.57. The van der Waals surface area contributed by atoms with E-state index >= 15 is 0 Å². The summed E-state index contributed by atoms with van der Waals surface area (Å²) in [4.78, 5) is 42.9. The largest absolute Gasteiger partial charge is 0.444 e. The average Bonchev–Trinajstić information content (AvgIpc) is 3.56. The lowest BCUT2D eigenvalue weighted by Crippen LogP contribution is -2.78. The summed E-state index contributed by atoms with van der Waals surface area (Å²) >= 11 is 0. The van der Waals surface area contributed by atoms with Gasteiger partial charge in [0, 0.05) is 31.7 Å². The van der Waals surface area contributed by atoms with Gasteiger partial charge in [0.2, 0.25) is 0 Å². The van der Waals surface area contributed by atoms with Crippen LogP contribution in [-0.4, -0.2) is 103 Å². The predicted octanol–water partition coefficient (Wildman–Crippen LogP) is 3.19. The molecule has 3 aromatic rings. The Morgan fingerprint density at radius 2 is 1.81 bits per heavy atom. The maximum Gasteiger partial charge on any atom is 0.410 e. The zero-order chi connectivity index (χ0) is 30.1. The summed E-state index contributed by atoms with van der Waals surface area (Å²) < 4.78 is 26.8. The van der Waals surface area contributed by atoms with E-state index in [1.807, 2.05) is 45.3 Å². The van der Waals surface area contributed by atoms with Gasteiger partial charge in [0.05, 0.1) is 11.9 Å². The highest BCUT2D eigenvalue weighted by atomic mass is 16.8. The Balaban J connectivity index is 1.09. The highest BCUT2D eigenvalue weighted by Crippen LogP contribution is 2.46. The van der Waals surface area contributed by atoms with Crippen LogP contribution in [0.25, 0.3) is 11.2 Å². The first-order valence-electron chi connectivity index (χ1n) is 14.7. The van der Waals surface area contributed by atoms with E-state index in [2.05, 4.69) is 25.2 Å². The molecule has 13 heteroatoms. The van der Waals surface area contributed by atoms with Crippen molar-refractivity contribution in [2.24, 2.45) is 0 Å². The van der Waals surface area contributed by atoms with Gasteiger partial charge in [-0.25, -0.2) is 19.7 Å². The van der Waals surface area contributed by atoms with Crippen molar-refractivity contribution in [3.8, 4) is 0 Å². The molecule has 0 aliphatic carbocycles. The van der Waals surface area contributed by atoms with Crippen LogP contribution in [0.2, 0.25) is 0 Å². The van der Waals surface area contributed by atoms with E-state index in [-0.39, 0.29) is 29.7 Å². The van der Waals surface area contributed by atoms with Crippen molar-refractivity contribution in [2.45, 2.75) is 82.5 Å². The Morgan fingerprint density at radius 3 is 2.51 bits per heavy atom. The third-order valence-electron chi connectivity index (χ3n) is 8.57. The number of nitrogens with one attached hydrogen (secondary N) is 1. The number of benzene rings is 1. The molecule has 43 heavy (non-hydrogen) atoms. The molecule has 0 radical (unpaired) electrons. The number of rotatable bonds is 5. The van der Waals surface area contributed by atoms with Crippen LogP contribution in [0.1, 0.15) is 57.6 Å². The van der Waals surface area contributed by atoms with E-state index in [9.17, 15) is 9.59 Å². The van der Waals surface area contributed by atoms with E-state index in [0.29, 0.717) is 42.2 Å². The minimum absolute atomic E-state index is 0.0659. The summed E-state index contributed by atoms with van der Waals surface area (Å²) in [6.45, 7) is 12.3. The molecule has 7 rings (SSSR count). The monoisotopic (exact) mass is 591 g/mol. The molecule has 4 saturated heterocycles. The number of hydrogen-bond donors (Lipinski definition) is 1. The number of nitrogens with zero attached hydrogens (tertiary/aromatic N) is 6. The first-order valence-corrected chi connectivity index (χ1v) is 14.7. The number of hydrogen-bond acceptors (Lipinski definition) is 10. The van der Waals surface area contributed by atoms with E-state index < -0.39 is 23.7 Å². The van der Waals surface area contributed by atoms with Gasteiger partial charge in [-0.2, -0.15) is 0 Å². The Labute approximate surface area is 249 Å². The quantitative estimate of drug-likeness (QED) is 0.472. The molecule has 228 valence electrons. The number of anilines is 1. The van der Waals surface area contributed by atoms with Crippen molar-refractivity contribution < 1.29 is 28.5 Å². The van der Waals surface area contributed by atoms with Crippen LogP contribution < -0.4 is 5.32 Å². The molecule has 2 amide bonds. The van der Waals surface area contributed by atoms with Gasteiger partial charge in [-0.1, -0.05) is 18.2 Å². The molecule has 4 aliphatic heterocycles. The van der Waals surface area contributed by atoms with Gasteiger partial charge >= 0.3 is 6.09 Å². The number of aromatic nitrogens is 4. The number of imidazole rings is 1. The zero-order valence-electron chi connectivity index (χ0n) is 25.0. The van der Waals surface area contributed by atoms with Crippen LogP contribution >= 0.6 is 0 Å². The standard InChI is InChI=1S/C30H37N7O6/c1-28(2,3)43-27(39)35-14-30(15-35)11-12-36(30)13-19-21-22(42-29(4,5)41-21)26(40-19)37-17-33-20-23(31-16-32-24(20)37)34-25(38)18-9-7-6-8-10-18/h6-10,16-17,19,21-22,26H,11-15H2,1-5H3,(H,31,32,34,38)/t19-,21-,22-,26-/m1/s1. The molecule has 0 saturated carbocycles. The van der Waals surface area contributed by atoms with Gasteiger partial charge in [-0.15, -0.1) is 0 Å². The van der Waals surface area contributed by atoms with Gasteiger partial charge in [0.1, 0.15) is 30.2 Å². The number of carbonyl (C=O) groups is 2. The molecule has 4 aliphatic rings. The van der Waals surface area contributed by atoms with Crippen molar-refractivity contribution in [2.75, 3.05) is 31.5 Å². The number of fused-ring (bicyclic) bond motifs is 2. The van der Waals surface area contributed by atoms with Crippen molar-refractivity contribution in [3.05, 3.63) is 48.5 Å². The van der Waals surface area contributed by atoms with Crippen LogP contribution in [0.5, 0.6) is 0 Å². The molecule has 1 spiro atoms. The molecular formula is C30H37N7O6. The Hall–Kier alpha value is -3.65. The molecule has 1 aromatic carbocycles. The van der Waals surface area contributed by atoms with E-state index in [4.69, 9.17) is 18.9 Å². The van der Waals surface area contributed by atoms with E-state index in [1.165, 1.54) is 6.33 Å². The lowest BCUT2D eigenvalue weighted by atomic mass is 9.77. The first kappa shape index (κ1) is 28.1. The second-order valence-corrected chi connectivity index (χ2v) is 13.3. The third kappa shape index (κ3) is 5.03. The second-order valence-electron chi connectivity index (χ2n) is 13.3. The van der Waals surface area contributed by atoms with Gasteiger partial charge in [0.25, 0.3) is 5.91 Å². The normalized spacial score (nSPS) is 27.5. The molecule has 6 heterocycles. The van der Waals surface area contributed by atoms with Crippen LogP contribution in [0.15, 0.2) is 43.0 Å². The van der Waals surface area contributed by atoms with Crippen molar-refractivity contribution in [3.63, 3.8) is 0 Å². The van der Waals surface area contributed by atoms with E-state index in [1.54, 1.807) is 35.5 Å². The van der Waals surface area contributed by atoms with Gasteiger partial charge < -0.3 is 29.2 Å². The summed E-state index contributed by atoms with van der Waals surface area (Å²) in [6.07, 6.45) is 2.25. The number of ether oxygens (including phenoxy) is 4. The van der Waals surface area contributed by atoms with Gasteiger partial charge in [-0.3, -0.25) is 14.3 Å². The molecule has 1 N–H and O–H groups in total. The van der Waals surface area contributed by atoms with Crippen LogP contribution in [0.3, 0.4) is 0 Å². The van der Waals surface area contributed by atoms with E-state index in [0.717, 1.165) is 13.0 Å². The number of carbonyl (C=O) groups excluding carboxylic acids is 2. The fraction of sp³-hybridized carbons (Fsp3) is 0.567. The Bertz CT molecular complexity index is 1550. The maximum atomic E-state index is 12.8. The summed E-state index contributed by atoms with van der Waals surface area (Å²) in [5.74, 6) is -0.757. The molecular weight excluding hydrogens is 554 g/mol. The Morgan fingerprint density at radius 1 is 1.07 bits per heavy atom. The van der Waals surface area contributed by atoms with Crippen molar-refractivity contribution in [1.82, 2.24) is 29.3 Å². The summed E-state index contributed by atoms with van der Waals surface area (Å²) in [7, 11) is 0. The average molecular weight is 592 g/mol. The first-order chi connectivity index (χ1) is 20.4. The highest BCUT2D eigenvalue weighted by Gasteiger charge is 2.60. The number of likely N-dealkylation sites (tertiary alicyclic amines) is 2. The molecule has 0 unspecified atom stereocenters. The van der Waals surface area contributed by atoms with Crippen LogP contribution in [0.4, 0.5) is 10.6 Å². The summed E-state index contributed by atoms with van der Waals surface area (Å²) in [5.41, 5.74) is 0.894. The molecule has 13 nitrogen and oxygen atoms in total. The van der Waals surface area contributed by atoms with Gasteiger partial charge in [0.15, 0.2) is 29.0 Å². The number of amides is 2. The predicted molar refractivity (Wildman–Crippen MR) is 154 cm³/mol. The van der Waals surface area contributed by atoms with Crippen LogP contribution in [-0.2, 0) is 18.9 Å². The smallest absolute Gasteiger partial charge is 0.410 e. The molecule has 2 aromatic heterocycles. The van der Waals surface area contributed by atoms with Crippen LogP contribution in [0, 0.1) is 0 Å². The fourth-order valence-electron chi connectivity index (χ4n) is 6.50.